The Kier molecular flexibility index (Phi) is 6.14. The summed E-state index contributed by atoms with van der Waals surface area (Å²) in [4.78, 5) is 15.6. The molecule has 1 aliphatic rings. The van der Waals surface area contributed by atoms with Gasteiger partial charge in [-0.1, -0.05) is 24.3 Å². The summed E-state index contributed by atoms with van der Waals surface area (Å²) < 4.78 is 12.9. The SMILES string of the molecule is CN(C(=O)CCCSc1ccc(F)cc1)C1CCCc2ccccc21. The molecule has 4 heteroatoms. The number of hydrogen-bond donors (Lipinski definition) is 0. The number of thioether (sulfide) groups is 1. The van der Waals surface area contributed by atoms with Crippen LogP contribution in [0.25, 0.3) is 0 Å². The summed E-state index contributed by atoms with van der Waals surface area (Å²) in [7, 11) is 1.93. The van der Waals surface area contributed by atoms with Crippen LogP contribution in [0.4, 0.5) is 4.39 Å². The molecule has 0 heterocycles. The van der Waals surface area contributed by atoms with E-state index >= 15 is 0 Å². The first-order valence-electron chi connectivity index (χ1n) is 8.87. The number of carbonyl (C=O) groups excluding carboxylic acids is 1. The van der Waals surface area contributed by atoms with E-state index in [1.807, 2.05) is 11.9 Å². The largest absolute Gasteiger partial charge is 0.339 e. The Balaban J connectivity index is 1.49. The zero-order chi connectivity index (χ0) is 17.6. The first-order valence-corrected chi connectivity index (χ1v) is 9.85. The minimum atomic E-state index is -0.214. The monoisotopic (exact) mass is 357 g/mol. The van der Waals surface area contributed by atoms with Gasteiger partial charge in [-0.05, 0) is 66.8 Å². The molecule has 1 amide bonds. The highest BCUT2D eigenvalue weighted by Crippen LogP contribution is 2.33. The number of benzene rings is 2. The van der Waals surface area contributed by atoms with Crippen molar-refractivity contribution in [1.82, 2.24) is 4.90 Å². The summed E-state index contributed by atoms with van der Waals surface area (Å²) in [6.07, 6.45) is 4.69. The van der Waals surface area contributed by atoms with Gasteiger partial charge in [0.2, 0.25) is 5.91 Å². The van der Waals surface area contributed by atoms with Crippen LogP contribution in [-0.2, 0) is 11.2 Å². The average Bonchev–Trinajstić information content (AvgIpc) is 2.65. The van der Waals surface area contributed by atoms with Crippen molar-refractivity contribution in [3.8, 4) is 0 Å². The molecule has 0 saturated heterocycles. The van der Waals surface area contributed by atoms with Crippen molar-refractivity contribution in [3.63, 3.8) is 0 Å². The molecule has 2 aromatic rings. The molecule has 0 N–H and O–H groups in total. The van der Waals surface area contributed by atoms with Gasteiger partial charge in [-0.25, -0.2) is 4.39 Å². The summed E-state index contributed by atoms with van der Waals surface area (Å²) in [5, 5.41) is 0. The van der Waals surface area contributed by atoms with Gasteiger partial charge in [0, 0.05) is 18.4 Å². The summed E-state index contributed by atoms with van der Waals surface area (Å²) in [6, 6.07) is 15.2. The first kappa shape index (κ1) is 18.0. The van der Waals surface area contributed by atoms with Gasteiger partial charge in [-0.2, -0.15) is 0 Å². The molecular formula is C21H24FNOS. The van der Waals surface area contributed by atoms with Crippen LogP contribution >= 0.6 is 11.8 Å². The maximum absolute atomic E-state index is 12.9. The van der Waals surface area contributed by atoms with E-state index in [1.165, 1.54) is 23.3 Å². The Morgan fingerprint density at radius 2 is 1.96 bits per heavy atom. The summed E-state index contributed by atoms with van der Waals surface area (Å²) >= 11 is 1.67. The minimum Gasteiger partial charge on any atom is -0.339 e. The van der Waals surface area contributed by atoms with Crippen LogP contribution in [0.5, 0.6) is 0 Å². The number of rotatable bonds is 6. The number of aryl methyl sites for hydroxylation is 1. The van der Waals surface area contributed by atoms with Gasteiger partial charge >= 0.3 is 0 Å². The lowest BCUT2D eigenvalue weighted by Crippen LogP contribution is -2.33. The van der Waals surface area contributed by atoms with Gasteiger partial charge in [0.05, 0.1) is 6.04 Å². The van der Waals surface area contributed by atoms with Gasteiger partial charge in [-0.15, -0.1) is 11.8 Å². The number of hydrogen-bond acceptors (Lipinski definition) is 2. The second kappa shape index (κ2) is 8.52. The average molecular weight is 357 g/mol. The van der Waals surface area contributed by atoms with Crippen LogP contribution in [0.15, 0.2) is 53.4 Å². The lowest BCUT2D eigenvalue weighted by molar-refractivity contribution is -0.132. The molecule has 0 aromatic heterocycles. The third kappa shape index (κ3) is 4.63. The van der Waals surface area contributed by atoms with Gasteiger partial charge in [0.1, 0.15) is 5.82 Å². The molecule has 3 rings (SSSR count). The quantitative estimate of drug-likeness (QED) is 0.521. The van der Waals surface area contributed by atoms with Crippen molar-refractivity contribution in [2.75, 3.05) is 12.8 Å². The molecule has 2 aromatic carbocycles. The summed E-state index contributed by atoms with van der Waals surface area (Å²) in [6.45, 7) is 0. The fourth-order valence-electron chi connectivity index (χ4n) is 3.42. The first-order chi connectivity index (χ1) is 12.1. The van der Waals surface area contributed by atoms with E-state index in [1.54, 1.807) is 23.9 Å². The van der Waals surface area contributed by atoms with Crippen LogP contribution in [0.3, 0.4) is 0 Å². The van der Waals surface area contributed by atoms with Gasteiger partial charge < -0.3 is 4.90 Å². The molecule has 1 aliphatic carbocycles. The van der Waals surface area contributed by atoms with E-state index in [9.17, 15) is 9.18 Å². The fourth-order valence-corrected chi connectivity index (χ4v) is 4.28. The molecule has 25 heavy (non-hydrogen) atoms. The Morgan fingerprint density at radius 3 is 2.76 bits per heavy atom. The molecule has 0 spiro atoms. The van der Waals surface area contributed by atoms with Crippen molar-refractivity contribution in [2.45, 2.75) is 43.0 Å². The molecule has 1 unspecified atom stereocenters. The maximum atomic E-state index is 12.9. The number of fused-ring (bicyclic) bond motifs is 1. The smallest absolute Gasteiger partial charge is 0.222 e. The normalized spacial score (nSPS) is 16.3. The van der Waals surface area contributed by atoms with Crippen molar-refractivity contribution in [1.29, 1.82) is 0 Å². The third-order valence-corrected chi connectivity index (χ3v) is 5.91. The molecule has 0 fully saturated rings. The lowest BCUT2D eigenvalue weighted by Gasteiger charge is -2.33. The van der Waals surface area contributed by atoms with E-state index in [-0.39, 0.29) is 17.8 Å². The molecule has 132 valence electrons. The van der Waals surface area contributed by atoms with Crippen molar-refractivity contribution >= 4 is 17.7 Å². The zero-order valence-corrected chi connectivity index (χ0v) is 15.4. The van der Waals surface area contributed by atoms with Gasteiger partial charge in [0.15, 0.2) is 0 Å². The van der Waals surface area contributed by atoms with Crippen LogP contribution in [0.1, 0.15) is 42.9 Å². The van der Waals surface area contributed by atoms with Crippen LogP contribution in [-0.4, -0.2) is 23.6 Å². The van der Waals surface area contributed by atoms with E-state index in [4.69, 9.17) is 0 Å². The van der Waals surface area contributed by atoms with Gasteiger partial charge in [-0.3, -0.25) is 4.79 Å². The Hall–Kier alpha value is -1.81. The molecule has 0 aliphatic heterocycles. The summed E-state index contributed by atoms with van der Waals surface area (Å²) in [5.74, 6) is 0.863. The second-order valence-corrected chi connectivity index (χ2v) is 7.69. The highest BCUT2D eigenvalue weighted by molar-refractivity contribution is 7.99. The number of nitrogens with zero attached hydrogens (tertiary/aromatic N) is 1. The van der Waals surface area contributed by atoms with Crippen molar-refractivity contribution in [2.24, 2.45) is 0 Å². The lowest BCUT2D eigenvalue weighted by atomic mass is 9.87. The van der Waals surface area contributed by atoms with Crippen molar-refractivity contribution in [3.05, 3.63) is 65.5 Å². The number of amides is 1. The topological polar surface area (TPSA) is 20.3 Å². The predicted molar refractivity (Wildman–Crippen MR) is 101 cm³/mol. The maximum Gasteiger partial charge on any atom is 0.222 e. The molecule has 0 saturated carbocycles. The Bertz CT molecular complexity index is 716. The van der Waals surface area contributed by atoms with Crippen LogP contribution in [0, 0.1) is 5.82 Å². The molecule has 0 bridgehead atoms. The van der Waals surface area contributed by atoms with E-state index in [0.717, 1.165) is 36.3 Å². The van der Waals surface area contributed by atoms with E-state index in [0.29, 0.717) is 6.42 Å². The highest BCUT2D eigenvalue weighted by Gasteiger charge is 2.25. The fraction of sp³-hybridized carbons (Fsp3) is 0.381. The summed E-state index contributed by atoms with van der Waals surface area (Å²) in [5.41, 5.74) is 2.69. The molecular weight excluding hydrogens is 333 g/mol. The van der Waals surface area contributed by atoms with Gasteiger partial charge in [0.25, 0.3) is 0 Å². The minimum absolute atomic E-state index is 0.210. The Morgan fingerprint density at radius 1 is 1.20 bits per heavy atom. The van der Waals surface area contributed by atoms with E-state index in [2.05, 4.69) is 24.3 Å². The van der Waals surface area contributed by atoms with Crippen LogP contribution in [0.2, 0.25) is 0 Å². The van der Waals surface area contributed by atoms with Crippen molar-refractivity contribution < 1.29 is 9.18 Å². The standard InChI is InChI=1S/C21H24FNOS/c1-23(20-9-4-7-16-6-2-3-8-19(16)20)21(24)10-5-15-25-18-13-11-17(22)12-14-18/h2-3,6,8,11-14,20H,4-5,7,9-10,15H2,1H3. The molecule has 2 nitrogen and oxygen atoms in total. The van der Waals surface area contributed by atoms with Crippen LogP contribution < -0.4 is 0 Å². The number of carbonyl (C=O) groups is 1. The predicted octanol–water partition coefficient (Wildman–Crippen LogP) is 5.23. The van der Waals surface area contributed by atoms with E-state index < -0.39 is 0 Å². The Labute approximate surface area is 153 Å². The second-order valence-electron chi connectivity index (χ2n) is 6.52. The zero-order valence-electron chi connectivity index (χ0n) is 14.6. The molecule has 1 atom stereocenters. The number of halogens is 1. The molecule has 0 radical (unpaired) electrons. The third-order valence-electron chi connectivity index (χ3n) is 4.82. The highest BCUT2D eigenvalue weighted by atomic mass is 32.2.